The highest BCUT2D eigenvalue weighted by molar-refractivity contribution is 6.00. The van der Waals surface area contributed by atoms with Gasteiger partial charge in [-0.2, -0.15) is 0 Å². The first-order valence-corrected chi connectivity index (χ1v) is 6.56. The molecule has 1 heterocycles. The molecule has 0 bridgehead atoms. The first kappa shape index (κ1) is 14.3. The van der Waals surface area contributed by atoms with Crippen LogP contribution in [0.2, 0.25) is 0 Å². The second kappa shape index (κ2) is 5.90. The van der Waals surface area contributed by atoms with Crippen molar-refractivity contribution in [2.75, 3.05) is 18.4 Å². The fraction of sp³-hybridized carbons (Fsp3) is 0.429. The molecule has 1 aliphatic heterocycles. The minimum absolute atomic E-state index is 0.113. The summed E-state index contributed by atoms with van der Waals surface area (Å²) in [6.45, 7) is 3.37. The molecule has 1 aliphatic rings. The van der Waals surface area contributed by atoms with Gasteiger partial charge in [-0.3, -0.25) is 0 Å². The molecule has 1 aromatic carbocycles. The minimum atomic E-state index is -1.27. The quantitative estimate of drug-likeness (QED) is 0.875. The Morgan fingerprint density at radius 3 is 2.85 bits per heavy atom. The Balaban J connectivity index is 2.13. The van der Waals surface area contributed by atoms with Crippen LogP contribution in [0.3, 0.4) is 0 Å². The second-order valence-corrected chi connectivity index (χ2v) is 5.12. The largest absolute Gasteiger partial charge is 0.478 e. The van der Waals surface area contributed by atoms with Gasteiger partial charge in [-0.25, -0.2) is 14.0 Å². The molecule has 20 heavy (non-hydrogen) atoms. The molecule has 0 aliphatic carbocycles. The zero-order chi connectivity index (χ0) is 14.7. The van der Waals surface area contributed by atoms with Crippen LogP contribution in [-0.4, -0.2) is 35.1 Å². The van der Waals surface area contributed by atoms with Gasteiger partial charge in [-0.05, 0) is 37.0 Å². The predicted octanol–water partition coefficient (Wildman–Crippen LogP) is 2.79. The van der Waals surface area contributed by atoms with E-state index < -0.39 is 11.8 Å². The Labute approximate surface area is 116 Å². The van der Waals surface area contributed by atoms with E-state index in [1.807, 2.05) is 0 Å². The monoisotopic (exact) mass is 280 g/mol. The SMILES string of the molecule is CC1CCCN(C(=O)Nc2ccc(F)cc2C(=O)O)C1. The smallest absolute Gasteiger partial charge is 0.337 e. The van der Waals surface area contributed by atoms with Gasteiger partial charge in [0, 0.05) is 13.1 Å². The zero-order valence-electron chi connectivity index (χ0n) is 11.2. The number of benzene rings is 1. The van der Waals surface area contributed by atoms with E-state index in [1.165, 1.54) is 6.07 Å². The van der Waals surface area contributed by atoms with Crippen molar-refractivity contribution in [3.05, 3.63) is 29.6 Å². The minimum Gasteiger partial charge on any atom is -0.478 e. The summed E-state index contributed by atoms with van der Waals surface area (Å²) in [4.78, 5) is 24.8. The molecule has 1 unspecified atom stereocenters. The highest BCUT2D eigenvalue weighted by Crippen LogP contribution is 2.20. The number of rotatable bonds is 2. The van der Waals surface area contributed by atoms with Crippen LogP contribution < -0.4 is 5.32 Å². The van der Waals surface area contributed by atoms with Crippen LogP contribution in [0.5, 0.6) is 0 Å². The van der Waals surface area contributed by atoms with E-state index in [4.69, 9.17) is 5.11 Å². The average Bonchev–Trinajstić information content (AvgIpc) is 2.40. The lowest BCUT2D eigenvalue weighted by Crippen LogP contribution is -2.41. The summed E-state index contributed by atoms with van der Waals surface area (Å²) in [6.07, 6.45) is 2.02. The highest BCUT2D eigenvalue weighted by Gasteiger charge is 2.22. The van der Waals surface area contributed by atoms with Gasteiger partial charge in [0.25, 0.3) is 0 Å². The van der Waals surface area contributed by atoms with Crippen LogP contribution in [0.25, 0.3) is 0 Å². The molecule has 0 saturated carbocycles. The zero-order valence-corrected chi connectivity index (χ0v) is 11.2. The number of amides is 2. The van der Waals surface area contributed by atoms with Gasteiger partial charge in [0.1, 0.15) is 5.82 Å². The molecule has 1 saturated heterocycles. The van der Waals surface area contributed by atoms with Crippen molar-refractivity contribution >= 4 is 17.7 Å². The van der Waals surface area contributed by atoms with Gasteiger partial charge in [-0.1, -0.05) is 6.92 Å². The Bertz CT molecular complexity index is 533. The van der Waals surface area contributed by atoms with Crippen molar-refractivity contribution in [3.63, 3.8) is 0 Å². The molecular weight excluding hydrogens is 263 g/mol. The number of nitrogens with one attached hydrogen (secondary N) is 1. The van der Waals surface area contributed by atoms with Crippen LogP contribution >= 0.6 is 0 Å². The lowest BCUT2D eigenvalue weighted by molar-refractivity contribution is 0.0697. The summed E-state index contributed by atoms with van der Waals surface area (Å²) in [5.41, 5.74) is -0.134. The molecule has 2 rings (SSSR count). The number of aromatic carboxylic acids is 1. The first-order chi connectivity index (χ1) is 9.47. The van der Waals surface area contributed by atoms with Crippen molar-refractivity contribution in [2.45, 2.75) is 19.8 Å². The third-order valence-corrected chi connectivity index (χ3v) is 3.40. The maximum atomic E-state index is 13.1. The maximum Gasteiger partial charge on any atom is 0.337 e. The predicted molar refractivity (Wildman–Crippen MR) is 72.3 cm³/mol. The molecule has 1 fully saturated rings. The summed E-state index contributed by atoms with van der Waals surface area (Å²) < 4.78 is 13.1. The summed E-state index contributed by atoms with van der Waals surface area (Å²) >= 11 is 0. The Morgan fingerprint density at radius 1 is 1.45 bits per heavy atom. The number of nitrogens with zero attached hydrogens (tertiary/aromatic N) is 1. The van der Waals surface area contributed by atoms with E-state index in [0.717, 1.165) is 25.0 Å². The fourth-order valence-electron chi connectivity index (χ4n) is 2.37. The number of likely N-dealkylation sites (tertiary alicyclic amines) is 1. The molecule has 6 heteroatoms. The number of carboxylic acid groups (broad SMARTS) is 1. The van der Waals surface area contributed by atoms with Gasteiger partial charge < -0.3 is 15.3 Å². The standard InChI is InChI=1S/C14H17FN2O3/c1-9-3-2-6-17(8-9)14(20)16-12-5-4-10(15)7-11(12)13(18)19/h4-5,7,9H,2-3,6,8H2,1H3,(H,16,20)(H,18,19). The number of carbonyl (C=O) groups is 2. The van der Waals surface area contributed by atoms with E-state index >= 15 is 0 Å². The van der Waals surface area contributed by atoms with Gasteiger partial charge >= 0.3 is 12.0 Å². The lowest BCUT2D eigenvalue weighted by Gasteiger charge is -2.31. The Morgan fingerprint density at radius 2 is 2.20 bits per heavy atom. The number of hydrogen-bond donors (Lipinski definition) is 2. The number of carbonyl (C=O) groups excluding carboxylic acids is 1. The molecule has 1 aromatic rings. The van der Waals surface area contributed by atoms with E-state index in [9.17, 15) is 14.0 Å². The van der Waals surface area contributed by atoms with E-state index in [0.29, 0.717) is 19.0 Å². The summed E-state index contributed by atoms with van der Waals surface area (Å²) in [5.74, 6) is -1.49. The molecule has 108 valence electrons. The summed E-state index contributed by atoms with van der Waals surface area (Å²) in [6, 6.07) is 2.95. The van der Waals surface area contributed by atoms with Crippen LogP contribution in [-0.2, 0) is 0 Å². The Hall–Kier alpha value is -2.11. The number of carboxylic acids is 1. The molecule has 2 N–H and O–H groups in total. The number of urea groups is 1. The fourth-order valence-corrected chi connectivity index (χ4v) is 2.37. The molecule has 0 aromatic heterocycles. The lowest BCUT2D eigenvalue weighted by atomic mass is 10.0. The van der Waals surface area contributed by atoms with E-state index in [-0.39, 0.29) is 17.3 Å². The normalized spacial score (nSPS) is 18.7. The summed E-state index contributed by atoms with van der Waals surface area (Å²) in [5, 5.41) is 11.6. The highest BCUT2D eigenvalue weighted by atomic mass is 19.1. The second-order valence-electron chi connectivity index (χ2n) is 5.12. The van der Waals surface area contributed by atoms with Gasteiger partial charge in [0.05, 0.1) is 11.3 Å². The van der Waals surface area contributed by atoms with Crippen molar-refractivity contribution in [2.24, 2.45) is 5.92 Å². The number of halogens is 1. The van der Waals surface area contributed by atoms with Crippen LogP contribution in [0.1, 0.15) is 30.1 Å². The van der Waals surface area contributed by atoms with Gasteiger partial charge in [0.15, 0.2) is 0 Å². The van der Waals surface area contributed by atoms with Crippen molar-refractivity contribution in [1.29, 1.82) is 0 Å². The molecular formula is C14H17FN2O3. The number of anilines is 1. The topological polar surface area (TPSA) is 69.6 Å². The van der Waals surface area contributed by atoms with Crippen molar-refractivity contribution < 1.29 is 19.1 Å². The molecule has 0 radical (unpaired) electrons. The third kappa shape index (κ3) is 3.26. The van der Waals surface area contributed by atoms with Gasteiger partial charge in [-0.15, -0.1) is 0 Å². The first-order valence-electron chi connectivity index (χ1n) is 6.56. The van der Waals surface area contributed by atoms with Crippen LogP contribution in [0.15, 0.2) is 18.2 Å². The molecule has 2 amide bonds. The number of piperidine rings is 1. The maximum absolute atomic E-state index is 13.1. The summed E-state index contributed by atoms with van der Waals surface area (Å²) in [7, 11) is 0. The molecule has 1 atom stereocenters. The average molecular weight is 280 g/mol. The van der Waals surface area contributed by atoms with Gasteiger partial charge in [0.2, 0.25) is 0 Å². The Kier molecular flexibility index (Phi) is 4.22. The van der Waals surface area contributed by atoms with Crippen molar-refractivity contribution in [3.8, 4) is 0 Å². The van der Waals surface area contributed by atoms with Crippen molar-refractivity contribution in [1.82, 2.24) is 4.90 Å². The molecule has 5 nitrogen and oxygen atoms in total. The number of hydrogen-bond acceptors (Lipinski definition) is 2. The molecule has 0 spiro atoms. The van der Waals surface area contributed by atoms with Crippen LogP contribution in [0, 0.1) is 11.7 Å². The van der Waals surface area contributed by atoms with Crippen LogP contribution in [0.4, 0.5) is 14.9 Å². The third-order valence-electron chi connectivity index (χ3n) is 3.40. The van der Waals surface area contributed by atoms with E-state index in [2.05, 4.69) is 12.2 Å². The van der Waals surface area contributed by atoms with E-state index in [1.54, 1.807) is 4.90 Å².